The van der Waals surface area contributed by atoms with E-state index in [9.17, 15) is 4.79 Å². The van der Waals surface area contributed by atoms with Gasteiger partial charge in [0.1, 0.15) is 0 Å². The first-order valence-corrected chi connectivity index (χ1v) is 9.03. The van der Waals surface area contributed by atoms with E-state index in [0.717, 1.165) is 11.1 Å². The molecule has 27 heavy (non-hydrogen) atoms. The standard InChI is InChI=1S/C20H23ClN2O4/c1-25-17-9-6-13(18(26-2)19(17)27-3)10-14-11-16(22-23-20(14)24)12-4-7-15(21)8-5-12/h4-9,14,16,22H,10-11H2,1-3H3,(H,23,24). The molecule has 7 heteroatoms. The topological polar surface area (TPSA) is 68.8 Å². The first-order valence-electron chi connectivity index (χ1n) is 8.66. The van der Waals surface area contributed by atoms with Crippen molar-refractivity contribution in [2.75, 3.05) is 21.3 Å². The van der Waals surface area contributed by atoms with Crippen LogP contribution in [-0.2, 0) is 11.2 Å². The maximum atomic E-state index is 12.4. The van der Waals surface area contributed by atoms with Crippen molar-refractivity contribution < 1.29 is 19.0 Å². The van der Waals surface area contributed by atoms with E-state index in [-0.39, 0.29) is 17.9 Å². The lowest BCUT2D eigenvalue weighted by Crippen LogP contribution is -2.49. The van der Waals surface area contributed by atoms with Crippen LogP contribution in [0.5, 0.6) is 17.2 Å². The van der Waals surface area contributed by atoms with Crippen molar-refractivity contribution in [2.24, 2.45) is 5.92 Å². The number of ether oxygens (including phenoxy) is 3. The van der Waals surface area contributed by atoms with E-state index in [1.807, 2.05) is 36.4 Å². The molecular weight excluding hydrogens is 368 g/mol. The summed E-state index contributed by atoms with van der Waals surface area (Å²) in [6.07, 6.45) is 1.19. The fourth-order valence-corrected chi connectivity index (χ4v) is 3.52. The molecule has 0 bridgehead atoms. The van der Waals surface area contributed by atoms with Crippen LogP contribution in [0.3, 0.4) is 0 Å². The molecule has 0 radical (unpaired) electrons. The van der Waals surface area contributed by atoms with Gasteiger partial charge in [0.15, 0.2) is 11.5 Å². The third kappa shape index (κ3) is 4.12. The van der Waals surface area contributed by atoms with E-state index in [0.29, 0.717) is 35.1 Å². The van der Waals surface area contributed by atoms with Gasteiger partial charge in [-0.15, -0.1) is 0 Å². The average Bonchev–Trinajstić information content (AvgIpc) is 2.69. The number of hydrogen-bond acceptors (Lipinski definition) is 5. The van der Waals surface area contributed by atoms with E-state index < -0.39 is 0 Å². The minimum atomic E-state index is -0.209. The molecule has 1 aliphatic heterocycles. The summed E-state index contributed by atoms with van der Waals surface area (Å²) in [6, 6.07) is 11.4. The van der Waals surface area contributed by atoms with Crippen molar-refractivity contribution in [1.29, 1.82) is 0 Å². The Morgan fingerprint density at radius 1 is 1.00 bits per heavy atom. The lowest BCUT2D eigenvalue weighted by Gasteiger charge is -2.31. The van der Waals surface area contributed by atoms with Crippen LogP contribution in [0.2, 0.25) is 5.02 Å². The molecule has 2 unspecified atom stereocenters. The van der Waals surface area contributed by atoms with Gasteiger partial charge in [0.2, 0.25) is 11.7 Å². The molecule has 2 aromatic carbocycles. The molecule has 2 atom stereocenters. The van der Waals surface area contributed by atoms with Crippen molar-refractivity contribution in [3.8, 4) is 17.2 Å². The molecule has 1 aliphatic rings. The molecule has 0 aromatic heterocycles. The van der Waals surface area contributed by atoms with Crippen molar-refractivity contribution in [3.05, 3.63) is 52.5 Å². The summed E-state index contributed by atoms with van der Waals surface area (Å²) in [5.41, 5.74) is 7.82. The number of rotatable bonds is 6. The number of amides is 1. The number of benzene rings is 2. The number of halogens is 1. The Balaban J connectivity index is 1.83. The summed E-state index contributed by atoms with van der Waals surface area (Å²) < 4.78 is 16.3. The first-order chi connectivity index (χ1) is 13.1. The molecule has 0 saturated carbocycles. The van der Waals surface area contributed by atoms with E-state index in [4.69, 9.17) is 25.8 Å². The van der Waals surface area contributed by atoms with Crippen molar-refractivity contribution in [1.82, 2.24) is 10.9 Å². The van der Waals surface area contributed by atoms with E-state index in [2.05, 4.69) is 10.9 Å². The molecule has 1 saturated heterocycles. The van der Waals surface area contributed by atoms with E-state index in [1.165, 1.54) is 0 Å². The van der Waals surface area contributed by atoms with Crippen LogP contribution in [0.15, 0.2) is 36.4 Å². The van der Waals surface area contributed by atoms with Crippen LogP contribution in [0.25, 0.3) is 0 Å². The van der Waals surface area contributed by atoms with Crippen molar-refractivity contribution >= 4 is 17.5 Å². The largest absolute Gasteiger partial charge is 0.493 e. The number of methoxy groups -OCH3 is 3. The fraction of sp³-hybridized carbons (Fsp3) is 0.350. The van der Waals surface area contributed by atoms with Gasteiger partial charge in [-0.1, -0.05) is 29.8 Å². The minimum absolute atomic E-state index is 0.0103. The van der Waals surface area contributed by atoms with Gasteiger partial charge in [-0.3, -0.25) is 10.2 Å². The van der Waals surface area contributed by atoms with Gasteiger partial charge in [-0.2, -0.15) is 0 Å². The van der Waals surface area contributed by atoms with E-state index >= 15 is 0 Å². The molecule has 0 aliphatic carbocycles. The Bertz CT molecular complexity index is 810. The molecule has 2 aromatic rings. The monoisotopic (exact) mass is 390 g/mol. The summed E-state index contributed by atoms with van der Waals surface area (Å²) >= 11 is 5.97. The summed E-state index contributed by atoms with van der Waals surface area (Å²) in [6.45, 7) is 0. The fourth-order valence-electron chi connectivity index (χ4n) is 3.39. The highest BCUT2D eigenvalue weighted by Crippen LogP contribution is 2.41. The smallest absolute Gasteiger partial charge is 0.237 e. The molecular formula is C20H23ClN2O4. The van der Waals surface area contributed by atoms with Gasteiger partial charge < -0.3 is 14.2 Å². The van der Waals surface area contributed by atoms with Gasteiger partial charge in [0, 0.05) is 10.9 Å². The quantitative estimate of drug-likeness (QED) is 0.792. The van der Waals surface area contributed by atoms with Crippen LogP contribution in [0.4, 0.5) is 0 Å². The van der Waals surface area contributed by atoms with Gasteiger partial charge in [0.05, 0.1) is 27.4 Å². The maximum Gasteiger partial charge on any atom is 0.237 e. The zero-order valence-electron chi connectivity index (χ0n) is 15.5. The first kappa shape index (κ1) is 19.3. The minimum Gasteiger partial charge on any atom is -0.493 e. The van der Waals surface area contributed by atoms with E-state index in [1.54, 1.807) is 21.3 Å². The predicted molar refractivity (Wildman–Crippen MR) is 103 cm³/mol. The molecule has 144 valence electrons. The molecule has 6 nitrogen and oxygen atoms in total. The number of carbonyl (C=O) groups excluding carboxylic acids is 1. The number of carbonyl (C=O) groups is 1. The zero-order valence-corrected chi connectivity index (χ0v) is 16.3. The highest BCUT2D eigenvalue weighted by atomic mass is 35.5. The molecule has 3 rings (SSSR count). The SMILES string of the molecule is COc1ccc(CC2CC(c3ccc(Cl)cc3)NNC2=O)c(OC)c1OC. The lowest BCUT2D eigenvalue weighted by molar-refractivity contribution is -0.128. The number of hydrogen-bond donors (Lipinski definition) is 2. The van der Waals surface area contributed by atoms with Crippen LogP contribution in [0, 0.1) is 5.92 Å². The zero-order chi connectivity index (χ0) is 19.4. The number of hydrazine groups is 1. The second-order valence-electron chi connectivity index (χ2n) is 6.37. The Morgan fingerprint density at radius 2 is 1.70 bits per heavy atom. The maximum absolute atomic E-state index is 12.4. The Hall–Kier alpha value is -2.44. The van der Waals surface area contributed by atoms with Crippen molar-refractivity contribution in [2.45, 2.75) is 18.9 Å². The van der Waals surface area contributed by atoms with Crippen LogP contribution in [-0.4, -0.2) is 27.2 Å². The highest BCUT2D eigenvalue weighted by molar-refractivity contribution is 6.30. The Morgan fingerprint density at radius 3 is 2.33 bits per heavy atom. The van der Waals surface area contributed by atoms with Crippen LogP contribution < -0.4 is 25.1 Å². The normalized spacial score (nSPS) is 19.3. The molecule has 1 heterocycles. The second-order valence-corrected chi connectivity index (χ2v) is 6.80. The van der Waals surface area contributed by atoms with Gasteiger partial charge in [-0.25, -0.2) is 5.43 Å². The number of nitrogens with one attached hydrogen (secondary N) is 2. The highest BCUT2D eigenvalue weighted by Gasteiger charge is 2.31. The summed E-state index contributed by atoms with van der Waals surface area (Å²) in [7, 11) is 4.73. The summed E-state index contributed by atoms with van der Waals surface area (Å²) in [5, 5.41) is 0.685. The molecule has 1 fully saturated rings. The van der Waals surface area contributed by atoms with Crippen LogP contribution >= 0.6 is 11.6 Å². The van der Waals surface area contributed by atoms with Gasteiger partial charge >= 0.3 is 0 Å². The third-order valence-corrected chi connectivity index (χ3v) is 5.04. The summed E-state index contributed by atoms with van der Waals surface area (Å²) in [4.78, 5) is 12.4. The van der Waals surface area contributed by atoms with Gasteiger partial charge in [-0.05, 0) is 42.2 Å². The summed E-state index contributed by atoms with van der Waals surface area (Å²) in [5.74, 6) is 1.45. The molecule has 0 spiro atoms. The lowest BCUT2D eigenvalue weighted by atomic mass is 9.87. The molecule has 1 amide bonds. The van der Waals surface area contributed by atoms with Gasteiger partial charge in [0.25, 0.3) is 0 Å². The van der Waals surface area contributed by atoms with Crippen LogP contribution in [0.1, 0.15) is 23.6 Å². The second kappa shape index (κ2) is 8.50. The molecule has 2 N–H and O–H groups in total. The average molecular weight is 391 g/mol. The Labute approximate surface area is 163 Å². The van der Waals surface area contributed by atoms with Crippen molar-refractivity contribution in [3.63, 3.8) is 0 Å². The third-order valence-electron chi connectivity index (χ3n) is 4.79. The predicted octanol–water partition coefficient (Wildman–Crippen LogP) is 3.29. The Kier molecular flexibility index (Phi) is 6.08.